The molecule has 0 aliphatic heterocycles. The van der Waals surface area contributed by atoms with Gasteiger partial charge in [-0.15, -0.1) is 0 Å². The first-order valence-corrected chi connectivity index (χ1v) is 6.01. The van der Waals surface area contributed by atoms with Crippen molar-refractivity contribution < 1.29 is 36.6 Å². The molecule has 0 aliphatic rings. The van der Waals surface area contributed by atoms with Crippen LogP contribution >= 0.6 is 0 Å². The van der Waals surface area contributed by atoms with E-state index in [-0.39, 0.29) is 16.8 Å². The van der Waals surface area contributed by atoms with E-state index in [1.54, 1.807) is 50.2 Å². The summed E-state index contributed by atoms with van der Waals surface area (Å²) in [6, 6.07) is 13.8. The summed E-state index contributed by atoms with van der Waals surface area (Å²) < 4.78 is 0. The Balaban J connectivity index is 0.000000364. The van der Waals surface area contributed by atoms with Crippen molar-refractivity contribution in [3.8, 4) is 0 Å². The molecule has 2 N–H and O–H groups in total. The van der Waals surface area contributed by atoms with Gasteiger partial charge in [0.1, 0.15) is 0 Å². The third-order valence-electron chi connectivity index (χ3n) is 2.75. The topological polar surface area (TPSA) is 74.6 Å². The number of aromatic carboxylic acids is 2. The molecule has 0 spiro atoms. The predicted octanol–water partition coefficient (Wildman–Crippen LogP) is 3.38. The van der Waals surface area contributed by atoms with E-state index in [1.807, 2.05) is 12.1 Å². The summed E-state index contributed by atoms with van der Waals surface area (Å²) in [4.78, 5) is 20.8. The average Bonchev–Trinajstić information content (AvgIpc) is 2.40. The van der Waals surface area contributed by atoms with Crippen LogP contribution in [0.25, 0.3) is 0 Å². The molecule has 113 valence electrons. The molecule has 0 aliphatic carbocycles. The number of carboxylic acids is 2. The van der Waals surface area contributed by atoms with Gasteiger partial charge < -0.3 is 10.2 Å². The van der Waals surface area contributed by atoms with Gasteiger partial charge in [0, 0.05) is 16.8 Å². The number of carboxylic acid groups (broad SMARTS) is 2. The molecular formula is C16H16CoO4. The number of rotatable bonds is 2. The molecule has 0 aromatic heterocycles. The fourth-order valence-electron chi connectivity index (χ4n) is 1.63. The molecule has 4 nitrogen and oxygen atoms in total. The van der Waals surface area contributed by atoms with E-state index in [9.17, 15) is 9.59 Å². The molecule has 21 heavy (non-hydrogen) atoms. The van der Waals surface area contributed by atoms with E-state index in [4.69, 9.17) is 10.2 Å². The standard InChI is InChI=1S/2C8H8O2.Co/c2*1-6-4-2-3-5-7(6)8(9)10;/h2*2-5H,1H3,(H,9,10);. The van der Waals surface area contributed by atoms with Gasteiger partial charge in [-0.25, -0.2) is 9.59 Å². The maximum absolute atomic E-state index is 10.4. The van der Waals surface area contributed by atoms with Gasteiger partial charge in [0.2, 0.25) is 0 Å². The van der Waals surface area contributed by atoms with Gasteiger partial charge in [-0.3, -0.25) is 0 Å². The summed E-state index contributed by atoms with van der Waals surface area (Å²) in [5.41, 5.74) is 2.36. The van der Waals surface area contributed by atoms with Crippen molar-refractivity contribution >= 4 is 11.9 Å². The summed E-state index contributed by atoms with van der Waals surface area (Å²) in [7, 11) is 0. The second-order valence-electron chi connectivity index (χ2n) is 4.24. The van der Waals surface area contributed by atoms with Crippen LogP contribution in [0.5, 0.6) is 0 Å². The van der Waals surface area contributed by atoms with Crippen LogP contribution in [0.3, 0.4) is 0 Å². The van der Waals surface area contributed by atoms with Crippen LogP contribution in [0.1, 0.15) is 31.8 Å². The minimum absolute atomic E-state index is 0. The summed E-state index contributed by atoms with van der Waals surface area (Å²) in [6.45, 7) is 3.56. The maximum atomic E-state index is 10.4. The monoisotopic (exact) mass is 331 g/mol. The summed E-state index contributed by atoms with van der Waals surface area (Å²) in [5, 5.41) is 17.1. The molecule has 1 radical (unpaired) electrons. The van der Waals surface area contributed by atoms with E-state index in [2.05, 4.69) is 0 Å². The van der Waals surface area contributed by atoms with E-state index in [0.29, 0.717) is 11.1 Å². The van der Waals surface area contributed by atoms with Gasteiger partial charge in [0.25, 0.3) is 0 Å². The van der Waals surface area contributed by atoms with Crippen LogP contribution in [-0.2, 0) is 16.8 Å². The van der Waals surface area contributed by atoms with Gasteiger partial charge >= 0.3 is 11.9 Å². The fourth-order valence-corrected chi connectivity index (χ4v) is 1.63. The van der Waals surface area contributed by atoms with Crippen molar-refractivity contribution in [2.45, 2.75) is 13.8 Å². The normalized spacial score (nSPS) is 8.86. The van der Waals surface area contributed by atoms with Crippen molar-refractivity contribution in [3.63, 3.8) is 0 Å². The number of hydrogen-bond donors (Lipinski definition) is 2. The minimum atomic E-state index is -0.863. The van der Waals surface area contributed by atoms with Crippen molar-refractivity contribution in [2.75, 3.05) is 0 Å². The molecule has 2 rings (SSSR count). The van der Waals surface area contributed by atoms with Crippen LogP contribution in [0.4, 0.5) is 0 Å². The molecule has 0 atom stereocenters. The minimum Gasteiger partial charge on any atom is -0.478 e. The Labute approximate surface area is 133 Å². The van der Waals surface area contributed by atoms with Gasteiger partial charge in [0.05, 0.1) is 11.1 Å². The molecule has 0 bridgehead atoms. The molecule has 0 fully saturated rings. The van der Waals surface area contributed by atoms with Crippen LogP contribution in [0.15, 0.2) is 48.5 Å². The number of hydrogen-bond acceptors (Lipinski definition) is 2. The largest absolute Gasteiger partial charge is 0.478 e. The Bertz CT molecular complexity index is 568. The molecule has 0 unspecified atom stereocenters. The van der Waals surface area contributed by atoms with Crippen molar-refractivity contribution in [3.05, 3.63) is 70.8 Å². The SMILES string of the molecule is Cc1ccccc1C(=O)O.Cc1ccccc1C(=O)O.[Co]. The zero-order chi connectivity index (χ0) is 15.1. The Morgan fingerprint density at radius 2 is 1.00 bits per heavy atom. The molecular weight excluding hydrogens is 315 g/mol. The molecule has 0 saturated carbocycles. The van der Waals surface area contributed by atoms with Gasteiger partial charge in [-0.2, -0.15) is 0 Å². The number of benzene rings is 2. The first-order chi connectivity index (χ1) is 9.43. The first kappa shape index (κ1) is 18.9. The van der Waals surface area contributed by atoms with Crippen LogP contribution in [0, 0.1) is 13.8 Å². The molecule has 5 heteroatoms. The van der Waals surface area contributed by atoms with Gasteiger partial charge in [0.15, 0.2) is 0 Å². The zero-order valence-corrected chi connectivity index (χ0v) is 12.7. The predicted molar refractivity (Wildman–Crippen MR) is 76.3 cm³/mol. The van der Waals surface area contributed by atoms with Crippen molar-refractivity contribution in [1.29, 1.82) is 0 Å². The third-order valence-corrected chi connectivity index (χ3v) is 2.75. The van der Waals surface area contributed by atoms with E-state index < -0.39 is 11.9 Å². The van der Waals surface area contributed by atoms with E-state index >= 15 is 0 Å². The molecule has 0 amide bonds. The number of aryl methyl sites for hydroxylation is 2. The van der Waals surface area contributed by atoms with Crippen molar-refractivity contribution in [1.82, 2.24) is 0 Å². The molecule has 0 saturated heterocycles. The second kappa shape index (κ2) is 8.94. The maximum Gasteiger partial charge on any atom is 0.335 e. The quantitative estimate of drug-likeness (QED) is 0.885. The average molecular weight is 331 g/mol. The van der Waals surface area contributed by atoms with Crippen LogP contribution in [-0.4, -0.2) is 22.2 Å². The Hall–Kier alpha value is -2.11. The summed E-state index contributed by atoms with van der Waals surface area (Å²) >= 11 is 0. The van der Waals surface area contributed by atoms with Gasteiger partial charge in [-0.05, 0) is 37.1 Å². The Kier molecular flexibility index (Phi) is 8.04. The van der Waals surface area contributed by atoms with Crippen molar-refractivity contribution in [2.24, 2.45) is 0 Å². The fraction of sp³-hybridized carbons (Fsp3) is 0.125. The first-order valence-electron chi connectivity index (χ1n) is 6.01. The summed E-state index contributed by atoms with van der Waals surface area (Å²) in [6.07, 6.45) is 0. The molecule has 0 heterocycles. The Morgan fingerprint density at radius 1 is 0.714 bits per heavy atom. The summed E-state index contributed by atoms with van der Waals surface area (Å²) in [5.74, 6) is -1.73. The zero-order valence-electron chi connectivity index (χ0n) is 11.7. The number of carbonyl (C=O) groups is 2. The molecule has 2 aromatic carbocycles. The Morgan fingerprint density at radius 3 is 1.19 bits per heavy atom. The van der Waals surface area contributed by atoms with Gasteiger partial charge in [-0.1, -0.05) is 36.4 Å². The van der Waals surface area contributed by atoms with E-state index in [0.717, 1.165) is 11.1 Å². The van der Waals surface area contributed by atoms with Crippen LogP contribution < -0.4 is 0 Å². The third kappa shape index (κ3) is 5.80. The van der Waals surface area contributed by atoms with E-state index in [1.165, 1.54) is 0 Å². The molecule has 2 aromatic rings. The second-order valence-corrected chi connectivity index (χ2v) is 4.24. The smallest absolute Gasteiger partial charge is 0.335 e. The van der Waals surface area contributed by atoms with Crippen LogP contribution in [0.2, 0.25) is 0 Å².